The smallest absolute Gasteiger partial charge is 0.435 e. The second kappa shape index (κ2) is 6.04. The second-order valence-electron chi connectivity index (χ2n) is 7.05. The van der Waals surface area contributed by atoms with Crippen molar-refractivity contribution in [2.45, 2.75) is 38.0 Å². The first-order chi connectivity index (χ1) is 12.0. The summed E-state index contributed by atoms with van der Waals surface area (Å²) in [5.41, 5.74) is 0.0604. The van der Waals surface area contributed by atoms with E-state index in [-0.39, 0.29) is 6.54 Å². The van der Waals surface area contributed by atoms with E-state index in [1.54, 1.807) is 39.0 Å². The highest BCUT2D eigenvalue weighted by Crippen LogP contribution is 2.32. The summed E-state index contributed by atoms with van der Waals surface area (Å²) in [7, 11) is -4.82. The zero-order valence-corrected chi connectivity index (χ0v) is 15.3. The molecule has 8 nitrogen and oxygen atoms in total. The number of carbonyl (C=O) groups excluding carboxylic acids is 2. The van der Waals surface area contributed by atoms with Gasteiger partial charge in [-0.3, -0.25) is 4.79 Å². The van der Waals surface area contributed by atoms with Gasteiger partial charge in [-0.15, -0.1) is 3.89 Å². The van der Waals surface area contributed by atoms with Crippen LogP contribution in [0.5, 0.6) is 0 Å². The zero-order valence-electron chi connectivity index (χ0n) is 14.5. The van der Waals surface area contributed by atoms with Gasteiger partial charge in [0.2, 0.25) is 5.91 Å². The summed E-state index contributed by atoms with van der Waals surface area (Å²) in [6, 6.07) is 4.82. The van der Waals surface area contributed by atoms with Crippen LogP contribution < -0.4 is 4.90 Å². The summed E-state index contributed by atoms with van der Waals surface area (Å²) in [6.07, 6.45) is 0.288. The molecule has 1 fully saturated rings. The van der Waals surface area contributed by atoms with Crippen molar-refractivity contribution in [3.05, 3.63) is 24.4 Å². The van der Waals surface area contributed by atoms with Crippen LogP contribution in [0.25, 0.3) is 10.9 Å². The molecule has 2 heterocycles. The number of ether oxygens (including phenoxy) is 1. The maximum absolute atomic E-state index is 13.3. The van der Waals surface area contributed by atoms with E-state index in [0.717, 1.165) is 4.68 Å². The van der Waals surface area contributed by atoms with E-state index in [4.69, 9.17) is 4.74 Å². The average molecular weight is 383 g/mol. The van der Waals surface area contributed by atoms with E-state index in [1.807, 2.05) is 0 Å². The number of rotatable bonds is 2. The van der Waals surface area contributed by atoms with E-state index in [0.29, 0.717) is 16.6 Å². The van der Waals surface area contributed by atoms with Gasteiger partial charge in [-0.05, 0) is 32.9 Å². The molecule has 1 unspecified atom stereocenters. The lowest BCUT2D eigenvalue weighted by Gasteiger charge is -2.19. The van der Waals surface area contributed by atoms with E-state index in [9.17, 15) is 21.9 Å². The molecule has 1 amide bonds. The van der Waals surface area contributed by atoms with Gasteiger partial charge in [0.05, 0.1) is 17.4 Å². The predicted octanol–water partition coefficient (Wildman–Crippen LogP) is 2.22. The van der Waals surface area contributed by atoms with Gasteiger partial charge in [0, 0.05) is 18.4 Å². The maximum Gasteiger partial charge on any atom is 0.435 e. The molecule has 1 aromatic carbocycles. The Kier molecular flexibility index (Phi) is 4.26. The minimum absolute atomic E-state index is 0.283. The first kappa shape index (κ1) is 18.3. The fourth-order valence-corrected chi connectivity index (χ4v) is 3.49. The molecule has 3 rings (SSSR count). The van der Waals surface area contributed by atoms with E-state index in [2.05, 4.69) is 5.10 Å². The highest BCUT2D eigenvalue weighted by atomic mass is 32.3. The van der Waals surface area contributed by atoms with Gasteiger partial charge in [0.15, 0.2) is 0 Å². The number of nitrogens with zero attached hydrogens (tertiary/aromatic N) is 3. The van der Waals surface area contributed by atoms with Gasteiger partial charge < -0.3 is 9.64 Å². The van der Waals surface area contributed by atoms with Gasteiger partial charge in [0.1, 0.15) is 10.9 Å². The minimum atomic E-state index is -4.82. The average Bonchev–Trinajstić information content (AvgIpc) is 3.08. The standard InChI is InChI=1S/C16H18FN3O5S/c1-16(2,3)25-15(22)20-13-6-4-5-12(11(13)8-18-20)19-9-10(7-14(19)21)26(17,23)24/h4-6,8,10H,7,9H2,1-3H3. The van der Waals surface area contributed by atoms with Crippen molar-refractivity contribution in [3.63, 3.8) is 0 Å². The summed E-state index contributed by atoms with van der Waals surface area (Å²) < 4.78 is 41.9. The molecule has 1 aliphatic rings. The topological polar surface area (TPSA) is 98.6 Å². The fourth-order valence-electron chi connectivity index (χ4n) is 2.82. The van der Waals surface area contributed by atoms with Crippen LogP contribution in [-0.2, 0) is 19.8 Å². The van der Waals surface area contributed by atoms with Crippen molar-refractivity contribution in [2.75, 3.05) is 11.4 Å². The SMILES string of the molecule is CC(C)(C)OC(=O)n1ncc2c(N3CC(S(=O)(=O)F)CC3=O)cccc21. The van der Waals surface area contributed by atoms with Crippen LogP contribution >= 0.6 is 0 Å². The molecule has 1 aromatic heterocycles. The summed E-state index contributed by atoms with van der Waals surface area (Å²) in [5.74, 6) is -0.506. The number of hydrogen-bond donors (Lipinski definition) is 0. The largest absolute Gasteiger partial charge is 0.442 e. The zero-order chi connectivity index (χ0) is 19.3. The monoisotopic (exact) mass is 383 g/mol. The van der Waals surface area contributed by atoms with Crippen molar-refractivity contribution in [1.82, 2.24) is 9.78 Å². The van der Waals surface area contributed by atoms with E-state index < -0.39 is 39.5 Å². The van der Waals surface area contributed by atoms with Gasteiger partial charge in [-0.25, -0.2) is 4.79 Å². The minimum Gasteiger partial charge on any atom is -0.442 e. The predicted molar refractivity (Wildman–Crippen MR) is 92.2 cm³/mol. The van der Waals surface area contributed by atoms with Gasteiger partial charge in [-0.1, -0.05) is 6.07 Å². The molecule has 1 saturated heterocycles. The molecule has 0 aliphatic carbocycles. The van der Waals surface area contributed by atoms with Crippen LogP contribution in [0.2, 0.25) is 0 Å². The molecule has 10 heteroatoms. The van der Waals surface area contributed by atoms with Gasteiger partial charge in [0.25, 0.3) is 0 Å². The molecule has 2 aromatic rings. The van der Waals surface area contributed by atoms with Gasteiger partial charge in [-0.2, -0.15) is 18.2 Å². The Morgan fingerprint density at radius 1 is 1.35 bits per heavy atom. The number of fused-ring (bicyclic) bond motifs is 1. The Morgan fingerprint density at radius 2 is 2.04 bits per heavy atom. The van der Waals surface area contributed by atoms with Crippen molar-refractivity contribution in [2.24, 2.45) is 0 Å². The second-order valence-corrected chi connectivity index (χ2v) is 8.67. The van der Waals surface area contributed by atoms with Crippen LogP contribution in [0.3, 0.4) is 0 Å². The molecule has 0 saturated carbocycles. The lowest BCUT2D eigenvalue weighted by atomic mass is 10.2. The number of benzene rings is 1. The van der Waals surface area contributed by atoms with E-state index >= 15 is 0 Å². The molecule has 0 spiro atoms. The third-order valence-electron chi connectivity index (χ3n) is 3.94. The van der Waals surface area contributed by atoms with Crippen LogP contribution in [0, 0.1) is 0 Å². The molecule has 0 N–H and O–H groups in total. The van der Waals surface area contributed by atoms with Crippen LogP contribution in [0.1, 0.15) is 27.2 Å². The lowest BCUT2D eigenvalue weighted by Crippen LogP contribution is -2.28. The summed E-state index contributed by atoms with van der Waals surface area (Å²) in [5, 5.41) is 3.08. The molecule has 1 aliphatic heterocycles. The summed E-state index contributed by atoms with van der Waals surface area (Å²) in [4.78, 5) is 25.7. The Labute approximate surface area is 149 Å². The highest BCUT2D eigenvalue weighted by molar-refractivity contribution is 7.87. The van der Waals surface area contributed by atoms with Crippen molar-refractivity contribution < 1.29 is 26.6 Å². The van der Waals surface area contributed by atoms with Crippen LogP contribution in [0.4, 0.5) is 14.4 Å². The number of amides is 1. The maximum atomic E-state index is 13.3. The summed E-state index contributed by atoms with van der Waals surface area (Å²) >= 11 is 0. The Balaban J connectivity index is 2.00. The number of halogens is 1. The Hall–Kier alpha value is -2.49. The number of carbonyl (C=O) groups is 2. The molecule has 1 atom stereocenters. The van der Waals surface area contributed by atoms with Crippen LogP contribution in [-0.4, -0.2) is 47.6 Å². The lowest BCUT2D eigenvalue weighted by molar-refractivity contribution is -0.117. The van der Waals surface area contributed by atoms with Crippen molar-refractivity contribution >= 4 is 38.8 Å². The molecule has 0 bridgehead atoms. The molecule has 140 valence electrons. The normalized spacial score (nSPS) is 18.5. The third kappa shape index (κ3) is 3.41. The van der Waals surface area contributed by atoms with Crippen molar-refractivity contribution in [3.8, 4) is 0 Å². The third-order valence-corrected chi connectivity index (χ3v) is 5.05. The van der Waals surface area contributed by atoms with Crippen molar-refractivity contribution in [1.29, 1.82) is 0 Å². The number of anilines is 1. The first-order valence-corrected chi connectivity index (χ1v) is 9.36. The number of hydrogen-bond acceptors (Lipinski definition) is 6. The first-order valence-electron chi connectivity index (χ1n) is 7.91. The highest BCUT2D eigenvalue weighted by Gasteiger charge is 2.39. The fraction of sp³-hybridized carbons (Fsp3) is 0.438. The molecule has 26 heavy (non-hydrogen) atoms. The molecular formula is C16H18FN3O5S. The van der Waals surface area contributed by atoms with Crippen LogP contribution in [0.15, 0.2) is 24.4 Å². The van der Waals surface area contributed by atoms with E-state index in [1.165, 1.54) is 11.1 Å². The van der Waals surface area contributed by atoms with Gasteiger partial charge >= 0.3 is 16.3 Å². The Morgan fingerprint density at radius 3 is 2.62 bits per heavy atom. The quantitative estimate of drug-likeness (QED) is 0.738. The summed E-state index contributed by atoms with van der Waals surface area (Å²) in [6.45, 7) is 4.89. The molecular weight excluding hydrogens is 365 g/mol. The number of aromatic nitrogens is 2. The molecule has 0 radical (unpaired) electrons. The Bertz CT molecular complexity index is 993.